The quantitative estimate of drug-likeness (QED) is 0.0371. The van der Waals surface area contributed by atoms with Gasteiger partial charge >= 0.3 is 24.1 Å². The van der Waals surface area contributed by atoms with E-state index in [0.717, 1.165) is 28.2 Å². The van der Waals surface area contributed by atoms with Crippen molar-refractivity contribution >= 4 is 24.1 Å². The van der Waals surface area contributed by atoms with Crippen LogP contribution in [-0.4, -0.2) is 63.7 Å². The van der Waals surface area contributed by atoms with Crippen LogP contribution in [-0.2, 0) is 57.3 Å². The van der Waals surface area contributed by atoms with Crippen LogP contribution in [0.1, 0.15) is 127 Å². The first-order valence-corrected chi connectivity index (χ1v) is 23.6. The van der Waals surface area contributed by atoms with Crippen molar-refractivity contribution < 1.29 is 52.0 Å². The van der Waals surface area contributed by atoms with E-state index in [0.29, 0.717) is 60.5 Å². The van der Waals surface area contributed by atoms with Crippen LogP contribution in [0.2, 0.25) is 0 Å². The monoisotopic (exact) mass is 908 g/mol. The SMILES string of the molecule is C=C(C)C(=O)OCCCc1cc(-c2ccc(-c3ccc(C4CCC(CCCCC)CC4)cc3)cc2F)c(CC)c(CCCOC(=O)C(=C)C)c1OCC1(COC(=O)C(=C)C)COC(=O)OC1. The molecule has 1 aliphatic heterocycles. The summed E-state index contributed by atoms with van der Waals surface area (Å²) in [4.78, 5) is 49.2. The first-order chi connectivity index (χ1) is 31.6. The van der Waals surface area contributed by atoms with Crippen LogP contribution in [0.25, 0.3) is 22.3 Å². The first kappa shape index (κ1) is 51.3. The molecule has 1 heterocycles. The maximum Gasteiger partial charge on any atom is 0.508 e. The smallest absolute Gasteiger partial charge is 0.492 e. The number of carbonyl (C=O) groups excluding carboxylic acids is 4. The number of rotatable bonds is 24. The van der Waals surface area contributed by atoms with E-state index in [-0.39, 0.29) is 62.2 Å². The standard InChI is InChI=1S/C55H69FO10/c1-9-11-12-15-39-18-20-40(21-19-39)41-22-24-42(25-23-41)43-26-27-46(49(56)31-43)48-30-44(16-13-28-61-51(57)36(3)4)50(47(45(48)10-2)17-14-29-62-52(58)37(5)6)63-32-55(33-64-53(59)38(7)8)34-65-54(60)66-35-55/h22-27,30-31,39-40H,3,5,7,9-21,28-29,32-35H2,1-2,4,6,8H3. The number of aryl methyl sites for hydroxylation is 1. The zero-order chi connectivity index (χ0) is 47.8. The maximum atomic E-state index is 16.8. The Morgan fingerprint density at radius 3 is 1.86 bits per heavy atom. The predicted octanol–water partition coefficient (Wildman–Crippen LogP) is 12.3. The molecule has 0 radical (unpaired) electrons. The molecule has 0 amide bonds. The number of cyclic esters (lactones) is 2. The van der Waals surface area contributed by atoms with Gasteiger partial charge in [0.05, 0.1) is 13.2 Å². The number of hydrogen-bond acceptors (Lipinski definition) is 10. The molecule has 356 valence electrons. The molecule has 3 aromatic carbocycles. The third kappa shape index (κ3) is 14.1. The molecule has 11 heteroatoms. The van der Waals surface area contributed by atoms with Crippen molar-refractivity contribution in [3.8, 4) is 28.0 Å². The molecule has 0 unspecified atom stereocenters. The third-order valence-electron chi connectivity index (χ3n) is 12.7. The zero-order valence-electron chi connectivity index (χ0n) is 39.8. The van der Waals surface area contributed by atoms with Crippen molar-refractivity contribution in [1.82, 2.24) is 0 Å². The van der Waals surface area contributed by atoms with Crippen LogP contribution in [0.4, 0.5) is 9.18 Å². The lowest BCUT2D eigenvalue weighted by Crippen LogP contribution is -2.47. The number of carbonyl (C=O) groups is 4. The summed E-state index contributed by atoms with van der Waals surface area (Å²) < 4.78 is 50.6. The van der Waals surface area contributed by atoms with Crippen molar-refractivity contribution in [3.05, 3.63) is 113 Å². The average Bonchev–Trinajstić information content (AvgIpc) is 3.31. The summed E-state index contributed by atoms with van der Waals surface area (Å²) >= 11 is 0. The van der Waals surface area contributed by atoms with Gasteiger partial charge in [-0.05, 0) is 141 Å². The molecular weight excluding hydrogens is 840 g/mol. The molecule has 1 aliphatic carbocycles. The molecule has 2 fully saturated rings. The van der Waals surface area contributed by atoms with E-state index in [1.165, 1.54) is 63.9 Å². The fraction of sp³-hybridized carbons (Fsp3) is 0.491. The largest absolute Gasteiger partial charge is 0.508 e. The van der Waals surface area contributed by atoms with E-state index in [2.05, 4.69) is 50.9 Å². The minimum atomic E-state index is -1.08. The molecule has 0 aromatic heterocycles. The van der Waals surface area contributed by atoms with Crippen LogP contribution in [0.3, 0.4) is 0 Å². The molecule has 1 saturated heterocycles. The zero-order valence-corrected chi connectivity index (χ0v) is 39.8. The minimum absolute atomic E-state index is 0.0922. The molecule has 5 rings (SSSR count). The second-order valence-electron chi connectivity index (χ2n) is 18.3. The topological polar surface area (TPSA) is 124 Å². The van der Waals surface area contributed by atoms with Crippen LogP contribution in [0, 0.1) is 17.2 Å². The fourth-order valence-electron chi connectivity index (χ4n) is 8.79. The van der Waals surface area contributed by atoms with Crippen LogP contribution >= 0.6 is 0 Å². The van der Waals surface area contributed by atoms with Crippen molar-refractivity contribution in [2.75, 3.05) is 39.6 Å². The molecule has 0 bridgehead atoms. The summed E-state index contributed by atoms with van der Waals surface area (Å²) in [5.74, 6) is -0.120. The number of ether oxygens (including phenoxy) is 6. The average molecular weight is 909 g/mol. The Bertz CT molecular complexity index is 2200. The van der Waals surface area contributed by atoms with Gasteiger partial charge < -0.3 is 28.4 Å². The summed E-state index contributed by atoms with van der Waals surface area (Å²) in [6.07, 6.45) is 11.4. The van der Waals surface area contributed by atoms with Crippen LogP contribution in [0.15, 0.2) is 85.0 Å². The Morgan fingerprint density at radius 1 is 0.697 bits per heavy atom. The van der Waals surface area contributed by atoms with Gasteiger partial charge in [0.1, 0.15) is 43.4 Å². The number of hydrogen-bond donors (Lipinski definition) is 0. The summed E-state index contributed by atoms with van der Waals surface area (Å²) in [7, 11) is 0. The van der Waals surface area contributed by atoms with Crippen molar-refractivity contribution in [1.29, 1.82) is 0 Å². The van der Waals surface area contributed by atoms with Gasteiger partial charge in [-0.25, -0.2) is 23.6 Å². The molecule has 0 atom stereocenters. The predicted molar refractivity (Wildman–Crippen MR) is 255 cm³/mol. The highest BCUT2D eigenvalue weighted by atomic mass is 19.1. The molecule has 3 aromatic rings. The van der Waals surface area contributed by atoms with Gasteiger partial charge in [-0.1, -0.05) is 95.7 Å². The number of halogens is 1. The molecule has 1 saturated carbocycles. The highest BCUT2D eigenvalue weighted by Crippen LogP contribution is 2.42. The Kier molecular flexibility index (Phi) is 19.2. The third-order valence-corrected chi connectivity index (χ3v) is 12.7. The van der Waals surface area contributed by atoms with Gasteiger partial charge in [-0.2, -0.15) is 0 Å². The van der Waals surface area contributed by atoms with Gasteiger partial charge in [0.15, 0.2) is 0 Å². The molecule has 0 N–H and O–H groups in total. The maximum absolute atomic E-state index is 16.8. The lowest BCUT2D eigenvalue weighted by atomic mass is 9.77. The Labute approximate surface area is 390 Å². The van der Waals surface area contributed by atoms with E-state index < -0.39 is 29.5 Å². The van der Waals surface area contributed by atoms with Crippen LogP contribution < -0.4 is 4.74 Å². The normalized spacial score (nSPS) is 16.6. The molecular formula is C55H69FO10. The van der Waals surface area contributed by atoms with Crippen molar-refractivity contribution in [2.24, 2.45) is 11.3 Å². The minimum Gasteiger partial charge on any atom is -0.492 e. The van der Waals surface area contributed by atoms with Crippen LogP contribution in [0.5, 0.6) is 5.75 Å². The fourth-order valence-corrected chi connectivity index (χ4v) is 8.79. The van der Waals surface area contributed by atoms with Crippen molar-refractivity contribution in [3.63, 3.8) is 0 Å². The molecule has 10 nitrogen and oxygen atoms in total. The number of unbranched alkanes of at least 4 members (excludes halogenated alkanes) is 2. The van der Waals surface area contributed by atoms with Gasteiger partial charge in [0, 0.05) is 22.3 Å². The van der Waals surface area contributed by atoms with Gasteiger partial charge in [-0.3, -0.25) is 0 Å². The Hall–Kier alpha value is -5.71. The summed E-state index contributed by atoms with van der Waals surface area (Å²) in [5, 5.41) is 0. The summed E-state index contributed by atoms with van der Waals surface area (Å²) in [5.41, 5.74) is 6.13. The second kappa shape index (κ2) is 24.7. The molecule has 2 aliphatic rings. The van der Waals surface area contributed by atoms with E-state index in [9.17, 15) is 19.2 Å². The van der Waals surface area contributed by atoms with Gasteiger partial charge in [0.25, 0.3) is 0 Å². The Balaban J connectivity index is 1.50. The highest BCUT2D eigenvalue weighted by Gasteiger charge is 2.41. The second-order valence-corrected chi connectivity index (χ2v) is 18.3. The first-order valence-electron chi connectivity index (χ1n) is 23.6. The number of esters is 3. The lowest BCUT2D eigenvalue weighted by Gasteiger charge is -2.35. The highest BCUT2D eigenvalue weighted by molar-refractivity contribution is 5.87. The summed E-state index contributed by atoms with van der Waals surface area (Å²) in [6, 6.07) is 15.9. The molecule has 0 spiro atoms. The Morgan fingerprint density at radius 2 is 1.29 bits per heavy atom. The number of benzene rings is 3. The van der Waals surface area contributed by atoms with E-state index >= 15 is 4.39 Å². The molecule has 66 heavy (non-hydrogen) atoms. The van der Waals surface area contributed by atoms with Gasteiger partial charge in [0.2, 0.25) is 0 Å². The van der Waals surface area contributed by atoms with Gasteiger partial charge in [-0.15, -0.1) is 0 Å². The van der Waals surface area contributed by atoms with E-state index in [1.807, 2.05) is 25.1 Å². The lowest BCUT2D eigenvalue weighted by molar-refractivity contribution is -0.151. The van der Waals surface area contributed by atoms with E-state index in [1.54, 1.807) is 19.9 Å². The van der Waals surface area contributed by atoms with Crippen molar-refractivity contribution in [2.45, 2.75) is 124 Å². The summed E-state index contributed by atoms with van der Waals surface area (Å²) in [6.45, 7) is 19.6. The van der Waals surface area contributed by atoms with E-state index in [4.69, 9.17) is 28.4 Å².